The van der Waals surface area contributed by atoms with Crippen LogP contribution in [0.15, 0.2) is 22.6 Å². The van der Waals surface area contributed by atoms with Gasteiger partial charge < -0.3 is 5.32 Å². The summed E-state index contributed by atoms with van der Waals surface area (Å²) < 4.78 is 1.75. The number of hydrogen-bond donors (Lipinski definition) is 1. The molecule has 2 aromatic rings. The Morgan fingerprint density at radius 2 is 2.50 bits per heavy atom. The SMILES string of the molecule is O=c1c2ccsc2ncn1CCC1CCCNC1. The highest BCUT2D eigenvalue weighted by Gasteiger charge is 2.13. The molecule has 1 atom stereocenters. The first-order chi connectivity index (χ1) is 8.84. The first-order valence-electron chi connectivity index (χ1n) is 6.48. The molecule has 5 heteroatoms. The number of aryl methyl sites for hydroxylation is 1. The van der Waals surface area contributed by atoms with E-state index in [0.29, 0.717) is 5.92 Å². The maximum absolute atomic E-state index is 12.2. The summed E-state index contributed by atoms with van der Waals surface area (Å²) in [5.41, 5.74) is 0.102. The molecule has 0 aromatic carbocycles. The Bertz CT molecular complexity index is 583. The van der Waals surface area contributed by atoms with Crippen LogP contribution in [0.5, 0.6) is 0 Å². The van der Waals surface area contributed by atoms with Gasteiger partial charge in [-0.05, 0) is 49.7 Å². The van der Waals surface area contributed by atoms with Gasteiger partial charge in [-0.25, -0.2) is 4.98 Å². The Kier molecular flexibility index (Phi) is 3.43. The highest BCUT2D eigenvalue weighted by molar-refractivity contribution is 7.16. The molecule has 4 nitrogen and oxygen atoms in total. The first-order valence-corrected chi connectivity index (χ1v) is 7.36. The minimum absolute atomic E-state index is 0.102. The fraction of sp³-hybridized carbons (Fsp3) is 0.538. The summed E-state index contributed by atoms with van der Waals surface area (Å²) in [5, 5.41) is 6.09. The van der Waals surface area contributed by atoms with Crippen molar-refractivity contribution in [1.29, 1.82) is 0 Å². The van der Waals surface area contributed by atoms with Crippen molar-refractivity contribution in [2.24, 2.45) is 5.92 Å². The summed E-state index contributed by atoms with van der Waals surface area (Å²) in [6.07, 6.45) is 5.28. The van der Waals surface area contributed by atoms with Crippen LogP contribution < -0.4 is 10.9 Å². The normalized spacial score (nSPS) is 20.3. The Balaban J connectivity index is 1.74. The van der Waals surface area contributed by atoms with Crippen LogP contribution in [0.3, 0.4) is 0 Å². The Morgan fingerprint density at radius 1 is 1.56 bits per heavy atom. The number of rotatable bonds is 3. The molecule has 96 valence electrons. The number of nitrogens with one attached hydrogen (secondary N) is 1. The minimum atomic E-state index is 0.102. The van der Waals surface area contributed by atoms with Crippen LogP contribution in [0.2, 0.25) is 0 Å². The standard InChI is InChI=1S/C13H17N3OS/c17-13-11-4-7-18-12(11)15-9-16(13)6-3-10-2-1-5-14-8-10/h4,7,9-10,14H,1-3,5-6,8H2. The van der Waals surface area contributed by atoms with Gasteiger partial charge in [0.25, 0.3) is 5.56 Å². The van der Waals surface area contributed by atoms with Gasteiger partial charge in [0.15, 0.2) is 0 Å². The van der Waals surface area contributed by atoms with Gasteiger partial charge in [-0.1, -0.05) is 0 Å². The van der Waals surface area contributed by atoms with E-state index in [-0.39, 0.29) is 5.56 Å². The van der Waals surface area contributed by atoms with Crippen molar-refractivity contribution in [2.45, 2.75) is 25.8 Å². The number of aromatic nitrogens is 2. The van der Waals surface area contributed by atoms with E-state index in [1.807, 2.05) is 11.4 Å². The Hall–Kier alpha value is -1.20. The lowest BCUT2D eigenvalue weighted by atomic mass is 9.96. The van der Waals surface area contributed by atoms with Crippen LogP contribution in [0.4, 0.5) is 0 Å². The predicted octanol–water partition coefficient (Wildman–Crippen LogP) is 1.85. The summed E-state index contributed by atoms with van der Waals surface area (Å²) in [6, 6.07) is 1.87. The van der Waals surface area contributed by atoms with Crippen LogP contribution in [-0.2, 0) is 6.54 Å². The second kappa shape index (κ2) is 5.20. The van der Waals surface area contributed by atoms with E-state index in [1.54, 1.807) is 10.9 Å². The summed E-state index contributed by atoms with van der Waals surface area (Å²) >= 11 is 1.52. The number of hydrogen-bond acceptors (Lipinski definition) is 4. The molecule has 0 saturated carbocycles. The van der Waals surface area contributed by atoms with Crippen molar-refractivity contribution >= 4 is 21.6 Å². The van der Waals surface area contributed by atoms with Gasteiger partial charge in [-0.2, -0.15) is 0 Å². The first kappa shape index (κ1) is 11.9. The quantitative estimate of drug-likeness (QED) is 0.919. The molecule has 2 aromatic heterocycles. The fourth-order valence-electron chi connectivity index (χ4n) is 2.54. The van der Waals surface area contributed by atoms with Crippen molar-refractivity contribution < 1.29 is 0 Å². The summed E-state index contributed by atoms with van der Waals surface area (Å²) in [4.78, 5) is 17.4. The van der Waals surface area contributed by atoms with Crippen molar-refractivity contribution in [3.8, 4) is 0 Å². The van der Waals surface area contributed by atoms with E-state index in [2.05, 4.69) is 10.3 Å². The lowest BCUT2D eigenvalue weighted by Gasteiger charge is -2.22. The Labute approximate surface area is 110 Å². The molecule has 0 amide bonds. The highest BCUT2D eigenvalue weighted by Crippen LogP contribution is 2.16. The number of thiophene rings is 1. The van der Waals surface area contributed by atoms with Crippen LogP contribution in [-0.4, -0.2) is 22.6 Å². The molecule has 1 aliphatic rings. The molecule has 18 heavy (non-hydrogen) atoms. The molecule has 1 saturated heterocycles. The third kappa shape index (κ3) is 2.33. The third-order valence-electron chi connectivity index (χ3n) is 3.63. The van der Waals surface area contributed by atoms with Gasteiger partial charge in [-0.15, -0.1) is 11.3 Å². The van der Waals surface area contributed by atoms with Crippen LogP contribution in [0, 0.1) is 5.92 Å². The average Bonchev–Trinajstić information content (AvgIpc) is 2.88. The molecule has 1 aliphatic heterocycles. The molecule has 1 fully saturated rings. The predicted molar refractivity (Wildman–Crippen MR) is 74.1 cm³/mol. The number of fused-ring (bicyclic) bond motifs is 1. The summed E-state index contributed by atoms with van der Waals surface area (Å²) in [7, 11) is 0. The highest BCUT2D eigenvalue weighted by atomic mass is 32.1. The van der Waals surface area contributed by atoms with Crippen LogP contribution in [0.1, 0.15) is 19.3 Å². The molecule has 0 bridgehead atoms. The van der Waals surface area contributed by atoms with Crippen molar-refractivity contribution in [1.82, 2.24) is 14.9 Å². The molecule has 1 N–H and O–H groups in total. The number of nitrogens with zero attached hydrogens (tertiary/aromatic N) is 2. The van der Waals surface area contributed by atoms with E-state index >= 15 is 0 Å². The monoisotopic (exact) mass is 263 g/mol. The van der Waals surface area contributed by atoms with Crippen LogP contribution in [0.25, 0.3) is 10.2 Å². The minimum Gasteiger partial charge on any atom is -0.316 e. The zero-order valence-electron chi connectivity index (χ0n) is 10.3. The van der Waals surface area contributed by atoms with Crippen molar-refractivity contribution in [2.75, 3.05) is 13.1 Å². The van der Waals surface area contributed by atoms with Gasteiger partial charge in [0.1, 0.15) is 4.83 Å². The molecule has 1 unspecified atom stereocenters. The van der Waals surface area contributed by atoms with Gasteiger partial charge in [0.05, 0.1) is 11.7 Å². The molecule has 0 aliphatic carbocycles. The zero-order chi connectivity index (χ0) is 12.4. The molecule has 0 radical (unpaired) electrons. The Morgan fingerprint density at radius 3 is 3.33 bits per heavy atom. The lowest BCUT2D eigenvalue weighted by Crippen LogP contribution is -2.31. The van der Waals surface area contributed by atoms with Crippen LogP contribution >= 0.6 is 11.3 Å². The largest absolute Gasteiger partial charge is 0.316 e. The van der Waals surface area contributed by atoms with E-state index in [1.165, 1.54) is 24.2 Å². The molecule has 0 spiro atoms. The maximum Gasteiger partial charge on any atom is 0.262 e. The lowest BCUT2D eigenvalue weighted by molar-refractivity contribution is 0.340. The molecule has 3 heterocycles. The molecular formula is C13H17N3OS. The van der Waals surface area contributed by atoms with E-state index in [9.17, 15) is 4.79 Å². The maximum atomic E-state index is 12.2. The smallest absolute Gasteiger partial charge is 0.262 e. The van der Waals surface area contributed by atoms with Gasteiger partial charge in [0, 0.05) is 6.54 Å². The van der Waals surface area contributed by atoms with Gasteiger partial charge in [-0.3, -0.25) is 9.36 Å². The van der Waals surface area contributed by atoms with E-state index < -0.39 is 0 Å². The topological polar surface area (TPSA) is 46.9 Å². The average molecular weight is 263 g/mol. The van der Waals surface area contributed by atoms with Gasteiger partial charge >= 0.3 is 0 Å². The fourth-order valence-corrected chi connectivity index (χ4v) is 3.27. The van der Waals surface area contributed by atoms with E-state index in [0.717, 1.165) is 36.3 Å². The van der Waals surface area contributed by atoms with E-state index in [4.69, 9.17) is 0 Å². The summed E-state index contributed by atoms with van der Waals surface area (Å²) in [6.45, 7) is 3.01. The second-order valence-corrected chi connectivity index (χ2v) is 5.78. The second-order valence-electron chi connectivity index (χ2n) is 4.88. The van der Waals surface area contributed by atoms with Crippen molar-refractivity contribution in [3.63, 3.8) is 0 Å². The number of piperidine rings is 1. The van der Waals surface area contributed by atoms with Crippen molar-refractivity contribution in [3.05, 3.63) is 28.1 Å². The van der Waals surface area contributed by atoms with Gasteiger partial charge in [0.2, 0.25) is 0 Å². The molecular weight excluding hydrogens is 246 g/mol. The third-order valence-corrected chi connectivity index (χ3v) is 4.45. The molecule has 3 rings (SSSR count). The zero-order valence-corrected chi connectivity index (χ0v) is 11.1. The summed E-state index contributed by atoms with van der Waals surface area (Å²) in [5.74, 6) is 0.698.